The van der Waals surface area contributed by atoms with E-state index in [4.69, 9.17) is 0 Å². The number of likely N-dealkylation sites (tertiary alicyclic amines) is 1. The van der Waals surface area contributed by atoms with Crippen molar-refractivity contribution in [2.45, 2.75) is 44.1 Å². The van der Waals surface area contributed by atoms with E-state index in [1.54, 1.807) is 19.2 Å². The number of benzene rings is 2. The predicted molar refractivity (Wildman–Crippen MR) is 111 cm³/mol. The van der Waals surface area contributed by atoms with Gasteiger partial charge in [-0.05, 0) is 42.9 Å². The standard InChI is InChI=1S/C24H27FN2O2/c1-26-23(29)24(14-7-15-27(24)22(28)17-9-6-10-17)16-18-8-2-3-11-19(18)20-12-4-5-13-21(20)25/h2-5,8,11-13,17H,6-7,9-10,14-16H2,1H3,(H,26,29). The van der Waals surface area contributed by atoms with E-state index >= 15 is 0 Å². The minimum absolute atomic E-state index is 0.0407. The van der Waals surface area contributed by atoms with Crippen molar-refractivity contribution in [1.29, 1.82) is 0 Å². The van der Waals surface area contributed by atoms with Crippen molar-refractivity contribution in [3.05, 3.63) is 59.9 Å². The quantitative estimate of drug-likeness (QED) is 0.835. The number of rotatable bonds is 5. The van der Waals surface area contributed by atoms with E-state index in [2.05, 4.69) is 5.32 Å². The van der Waals surface area contributed by atoms with Crippen LogP contribution >= 0.6 is 0 Å². The Balaban J connectivity index is 1.74. The normalized spacial score (nSPS) is 21.7. The second-order valence-electron chi connectivity index (χ2n) is 8.15. The zero-order valence-electron chi connectivity index (χ0n) is 16.8. The number of halogens is 1. The van der Waals surface area contributed by atoms with Crippen LogP contribution in [0.15, 0.2) is 48.5 Å². The van der Waals surface area contributed by atoms with E-state index in [0.29, 0.717) is 24.9 Å². The van der Waals surface area contributed by atoms with Crippen molar-refractivity contribution in [3.63, 3.8) is 0 Å². The van der Waals surface area contributed by atoms with Gasteiger partial charge in [-0.3, -0.25) is 9.59 Å². The monoisotopic (exact) mass is 394 g/mol. The van der Waals surface area contributed by atoms with Crippen LogP contribution in [-0.4, -0.2) is 35.8 Å². The number of carbonyl (C=O) groups is 2. The molecule has 2 aromatic carbocycles. The van der Waals surface area contributed by atoms with Crippen LogP contribution in [0.4, 0.5) is 4.39 Å². The van der Waals surface area contributed by atoms with Gasteiger partial charge in [0.2, 0.25) is 11.8 Å². The van der Waals surface area contributed by atoms with Crippen LogP contribution in [0.1, 0.15) is 37.7 Å². The highest BCUT2D eigenvalue weighted by molar-refractivity contribution is 5.93. The maximum absolute atomic E-state index is 14.5. The number of carbonyl (C=O) groups excluding carboxylic acids is 2. The maximum Gasteiger partial charge on any atom is 0.246 e. The van der Waals surface area contributed by atoms with Crippen LogP contribution in [0.3, 0.4) is 0 Å². The SMILES string of the molecule is CNC(=O)C1(Cc2ccccc2-c2ccccc2F)CCCN1C(=O)C1CCC1. The van der Waals surface area contributed by atoms with Gasteiger partial charge in [0.25, 0.3) is 0 Å². The Morgan fingerprint density at radius 2 is 1.76 bits per heavy atom. The second-order valence-corrected chi connectivity index (χ2v) is 8.15. The highest BCUT2D eigenvalue weighted by Crippen LogP contribution is 2.39. The van der Waals surface area contributed by atoms with E-state index in [1.165, 1.54) is 6.07 Å². The molecule has 0 spiro atoms. The lowest BCUT2D eigenvalue weighted by atomic mass is 9.80. The Kier molecular flexibility index (Phi) is 5.39. The number of hydrogen-bond donors (Lipinski definition) is 1. The summed E-state index contributed by atoms with van der Waals surface area (Å²) in [5, 5.41) is 2.79. The Morgan fingerprint density at radius 3 is 2.41 bits per heavy atom. The lowest BCUT2D eigenvalue weighted by molar-refractivity contribution is -0.149. The summed E-state index contributed by atoms with van der Waals surface area (Å²) in [6.07, 6.45) is 4.70. The first-order chi connectivity index (χ1) is 14.1. The number of nitrogens with one attached hydrogen (secondary N) is 1. The van der Waals surface area contributed by atoms with E-state index < -0.39 is 5.54 Å². The van der Waals surface area contributed by atoms with E-state index in [1.807, 2.05) is 35.2 Å². The lowest BCUT2D eigenvalue weighted by Crippen LogP contribution is -2.59. The summed E-state index contributed by atoms with van der Waals surface area (Å²) in [6.45, 7) is 0.602. The molecule has 1 saturated heterocycles. The van der Waals surface area contributed by atoms with E-state index in [-0.39, 0.29) is 23.5 Å². The lowest BCUT2D eigenvalue weighted by Gasteiger charge is -2.40. The molecular weight excluding hydrogens is 367 g/mol. The molecule has 1 atom stereocenters. The minimum atomic E-state index is -0.914. The van der Waals surface area contributed by atoms with Crippen LogP contribution in [0.25, 0.3) is 11.1 Å². The van der Waals surface area contributed by atoms with Gasteiger partial charge >= 0.3 is 0 Å². The molecule has 1 unspecified atom stereocenters. The molecule has 4 nitrogen and oxygen atoms in total. The molecule has 2 aromatic rings. The van der Waals surface area contributed by atoms with Crippen molar-refractivity contribution >= 4 is 11.8 Å². The third kappa shape index (κ3) is 3.43. The first kappa shape index (κ1) is 19.6. The van der Waals surface area contributed by atoms with Gasteiger partial charge in [-0.25, -0.2) is 4.39 Å². The molecule has 29 heavy (non-hydrogen) atoms. The van der Waals surface area contributed by atoms with E-state index in [9.17, 15) is 14.0 Å². The summed E-state index contributed by atoms with van der Waals surface area (Å²) < 4.78 is 14.5. The van der Waals surface area contributed by atoms with Gasteiger partial charge in [-0.1, -0.05) is 48.9 Å². The molecular formula is C24H27FN2O2. The van der Waals surface area contributed by atoms with Crippen molar-refractivity contribution in [2.75, 3.05) is 13.6 Å². The number of likely N-dealkylation sites (N-methyl/N-ethyl adjacent to an activating group) is 1. The van der Waals surface area contributed by atoms with Crippen molar-refractivity contribution in [3.8, 4) is 11.1 Å². The molecule has 2 aliphatic rings. The molecule has 4 rings (SSSR count). The maximum atomic E-state index is 14.5. The summed E-state index contributed by atoms with van der Waals surface area (Å²) in [5.74, 6) is -0.284. The van der Waals surface area contributed by atoms with Gasteiger partial charge in [-0.15, -0.1) is 0 Å². The first-order valence-corrected chi connectivity index (χ1v) is 10.4. The molecule has 1 saturated carbocycles. The molecule has 1 aliphatic carbocycles. The average molecular weight is 394 g/mol. The number of hydrogen-bond acceptors (Lipinski definition) is 2. The van der Waals surface area contributed by atoms with Crippen molar-refractivity contribution in [1.82, 2.24) is 10.2 Å². The summed E-state index contributed by atoms with van der Waals surface area (Å²) in [6, 6.07) is 14.3. The Bertz CT molecular complexity index is 925. The highest BCUT2D eigenvalue weighted by atomic mass is 19.1. The molecule has 1 N–H and O–H groups in total. The molecule has 5 heteroatoms. The first-order valence-electron chi connectivity index (χ1n) is 10.4. The third-order valence-corrected chi connectivity index (χ3v) is 6.52. The summed E-state index contributed by atoms with van der Waals surface area (Å²) in [7, 11) is 1.62. The topological polar surface area (TPSA) is 49.4 Å². The summed E-state index contributed by atoms with van der Waals surface area (Å²) >= 11 is 0. The van der Waals surface area contributed by atoms with Gasteiger partial charge in [-0.2, -0.15) is 0 Å². The van der Waals surface area contributed by atoms with Crippen LogP contribution in [-0.2, 0) is 16.0 Å². The molecule has 1 aliphatic heterocycles. The number of amides is 2. The van der Waals surface area contributed by atoms with E-state index in [0.717, 1.165) is 36.8 Å². The summed E-state index contributed by atoms with van der Waals surface area (Å²) in [4.78, 5) is 28.1. The van der Waals surface area contributed by atoms with Gasteiger partial charge in [0.15, 0.2) is 0 Å². The minimum Gasteiger partial charge on any atom is -0.357 e. The molecule has 0 radical (unpaired) electrons. The van der Waals surface area contributed by atoms with Crippen LogP contribution < -0.4 is 5.32 Å². The Labute approximate surface area is 171 Å². The molecule has 0 bridgehead atoms. The fraction of sp³-hybridized carbons (Fsp3) is 0.417. The Morgan fingerprint density at radius 1 is 1.07 bits per heavy atom. The fourth-order valence-electron chi connectivity index (χ4n) is 4.74. The highest BCUT2D eigenvalue weighted by Gasteiger charge is 2.51. The van der Waals surface area contributed by atoms with Gasteiger partial charge in [0.05, 0.1) is 0 Å². The molecule has 2 amide bonds. The Hall–Kier alpha value is -2.69. The molecule has 1 heterocycles. The fourth-order valence-corrected chi connectivity index (χ4v) is 4.74. The van der Waals surface area contributed by atoms with Crippen molar-refractivity contribution < 1.29 is 14.0 Å². The summed E-state index contributed by atoms with van der Waals surface area (Å²) in [5.41, 5.74) is 1.26. The second kappa shape index (κ2) is 7.97. The third-order valence-electron chi connectivity index (χ3n) is 6.52. The zero-order chi connectivity index (χ0) is 20.4. The number of nitrogens with zero attached hydrogens (tertiary/aromatic N) is 1. The molecule has 0 aromatic heterocycles. The van der Waals surface area contributed by atoms with Gasteiger partial charge in [0.1, 0.15) is 11.4 Å². The predicted octanol–water partition coefficient (Wildman–Crippen LogP) is 3.94. The van der Waals surface area contributed by atoms with Crippen molar-refractivity contribution in [2.24, 2.45) is 5.92 Å². The molecule has 152 valence electrons. The van der Waals surface area contributed by atoms with Gasteiger partial charge in [0, 0.05) is 31.5 Å². The zero-order valence-corrected chi connectivity index (χ0v) is 16.8. The average Bonchev–Trinajstić information content (AvgIpc) is 3.12. The van der Waals surface area contributed by atoms with Crippen LogP contribution in [0.5, 0.6) is 0 Å². The smallest absolute Gasteiger partial charge is 0.246 e. The molecule has 2 fully saturated rings. The van der Waals surface area contributed by atoms with Crippen LogP contribution in [0, 0.1) is 11.7 Å². The van der Waals surface area contributed by atoms with Crippen LogP contribution in [0.2, 0.25) is 0 Å². The van der Waals surface area contributed by atoms with Gasteiger partial charge < -0.3 is 10.2 Å². The largest absolute Gasteiger partial charge is 0.357 e.